The number of sulfone groups is 1. The third kappa shape index (κ3) is 4.65. The lowest BCUT2D eigenvalue weighted by atomic mass is 10.2. The number of benzene rings is 1. The monoisotopic (exact) mass is 289 g/mol. The molecule has 0 aromatic heterocycles. The lowest BCUT2D eigenvalue weighted by Crippen LogP contribution is -2.25. The Labute approximate surface area is 112 Å². The van der Waals surface area contributed by atoms with Gasteiger partial charge in [0, 0.05) is 6.54 Å². The molecular weight excluding hydrogens is 274 g/mol. The van der Waals surface area contributed by atoms with Crippen molar-refractivity contribution in [3.63, 3.8) is 0 Å². The number of thiocarbonyl (C=S) groups is 1. The highest BCUT2D eigenvalue weighted by Gasteiger charge is 2.13. The standard InChI is InChI=1S/C11H15NO2S3/c1-9-3-5-10(6-4-9)17(13,14)8-7-12-11(15)16-2/h3-6H,7-8H2,1-2H3,(H,12,15). The van der Waals surface area contributed by atoms with E-state index in [-0.39, 0.29) is 5.75 Å². The van der Waals surface area contributed by atoms with Crippen LogP contribution in [0.15, 0.2) is 29.2 Å². The van der Waals surface area contributed by atoms with E-state index in [0.717, 1.165) is 5.56 Å². The van der Waals surface area contributed by atoms with E-state index in [0.29, 0.717) is 15.8 Å². The van der Waals surface area contributed by atoms with Gasteiger partial charge in [-0.3, -0.25) is 0 Å². The largest absolute Gasteiger partial charge is 0.370 e. The van der Waals surface area contributed by atoms with Crippen LogP contribution in [0.4, 0.5) is 0 Å². The second-order valence-corrected chi connectivity index (χ2v) is 7.14. The van der Waals surface area contributed by atoms with Gasteiger partial charge in [-0.05, 0) is 25.3 Å². The quantitative estimate of drug-likeness (QED) is 0.859. The van der Waals surface area contributed by atoms with E-state index in [4.69, 9.17) is 12.2 Å². The van der Waals surface area contributed by atoms with Gasteiger partial charge in [0.1, 0.15) is 4.32 Å². The molecule has 0 spiro atoms. The number of hydrogen-bond acceptors (Lipinski definition) is 4. The molecule has 0 unspecified atom stereocenters. The second-order valence-electron chi connectivity index (χ2n) is 3.55. The van der Waals surface area contributed by atoms with Crippen LogP contribution >= 0.6 is 24.0 Å². The Morgan fingerprint density at radius 2 is 1.94 bits per heavy atom. The zero-order valence-electron chi connectivity index (χ0n) is 9.76. The van der Waals surface area contributed by atoms with Gasteiger partial charge in [-0.2, -0.15) is 0 Å². The number of hydrogen-bond donors (Lipinski definition) is 1. The Morgan fingerprint density at radius 1 is 1.35 bits per heavy atom. The van der Waals surface area contributed by atoms with Crippen LogP contribution < -0.4 is 5.32 Å². The van der Waals surface area contributed by atoms with Gasteiger partial charge >= 0.3 is 0 Å². The van der Waals surface area contributed by atoms with Gasteiger partial charge < -0.3 is 5.32 Å². The van der Waals surface area contributed by atoms with Crippen LogP contribution in [-0.2, 0) is 9.84 Å². The fraction of sp³-hybridized carbons (Fsp3) is 0.364. The molecule has 0 saturated heterocycles. The van der Waals surface area contributed by atoms with Crippen LogP contribution in [0.3, 0.4) is 0 Å². The number of thioether (sulfide) groups is 1. The minimum Gasteiger partial charge on any atom is -0.370 e. The van der Waals surface area contributed by atoms with Crippen LogP contribution in [0.25, 0.3) is 0 Å². The van der Waals surface area contributed by atoms with Crippen molar-refractivity contribution in [1.29, 1.82) is 0 Å². The lowest BCUT2D eigenvalue weighted by Gasteiger charge is -2.07. The van der Waals surface area contributed by atoms with Crippen molar-refractivity contribution in [1.82, 2.24) is 5.32 Å². The predicted octanol–water partition coefficient (Wildman–Crippen LogP) is 2.01. The molecule has 0 saturated carbocycles. The summed E-state index contributed by atoms with van der Waals surface area (Å²) in [6.45, 7) is 2.27. The molecule has 1 rings (SSSR count). The van der Waals surface area contributed by atoms with Crippen LogP contribution in [0.2, 0.25) is 0 Å². The van der Waals surface area contributed by atoms with Crippen molar-refractivity contribution in [2.45, 2.75) is 11.8 Å². The first-order chi connectivity index (χ1) is 7.95. The van der Waals surface area contributed by atoms with Gasteiger partial charge in [0.25, 0.3) is 0 Å². The van der Waals surface area contributed by atoms with E-state index >= 15 is 0 Å². The van der Waals surface area contributed by atoms with Crippen LogP contribution in [0.5, 0.6) is 0 Å². The second kappa shape index (κ2) is 6.37. The maximum atomic E-state index is 11.9. The van der Waals surface area contributed by atoms with Crippen LogP contribution in [-0.4, -0.2) is 31.3 Å². The molecule has 0 fully saturated rings. The zero-order chi connectivity index (χ0) is 12.9. The summed E-state index contributed by atoms with van der Waals surface area (Å²) in [6, 6.07) is 6.87. The molecule has 1 N–H and O–H groups in total. The Balaban J connectivity index is 2.63. The molecule has 94 valence electrons. The van der Waals surface area contributed by atoms with Gasteiger partial charge in [0.15, 0.2) is 9.84 Å². The topological polar surface area (TPSA) is 46.2 Å². The fourth-order valence-corrected chi connectivity index (χ4v) is 2.73. The highest BCUT2D eigenvalue weighted by atomic mass is 32.2. The molecule has 0 bridgehead atoms. The molecule has 1 aromatic rings. The highest BCUT2D eigenvalue weighted by molar-refractivity contribution is 8.22. The van der Waals surface area contributed by atoms with Crippen molar-refractivity contribution in [3.8, 4) is 0 Å². The molecule has 0 radical (unpaired) electrons. The molecule has 0 amide bonds. The van der Waals surface area contributed by atoms with Crippen molar-refractivity contribution < 1.29 is 8.42 Å². The summed E-state index contributed by atoms with van der Waals surface area (Å²) < 4.78 is 24.5. The summed E-state index contributed by atoms with van der Waals surface area (Å²) in [5.41, 5.74) is 1.05. The third-order valence-corrected chi connectivity index (χ3v) is 5.10. The molecule has 0 atom stereocenters. The molecule has 6 heteroatoms. The van der Waals surface area contributed by atoms with Crippen LogP contribution in [0, 0.1) is 6.92 Å². The minimum absolute atomic E-state index is 0.0523. The van der Waals surface area contributed by atoms with E-state index in [1.807, 2.05) is 13.2 Å². The summed E-state index contributed by atoms with van der Waals surface area (Å²) in [7, 11) is -3.21. The SMILES string of the molecule is CSC(=S)NCCS(=O)(=O)c1ccc(C)cc1. The lowest BCUT2D eigenvalue weighted by molar-refractivity contribution is 0.595. The maximum Gasteiger partial charge on any atom is 0.180 e. The van der Waals surface area contributed by atoms with Gasteiger partial charge in [0.05, 0.1) is 10.6 Å². The average molecular weight is 289 g/mol. The summed E-state index contributed by atoms with van der Waals surface area (Å²) in [4.78, 5) is 0.361. The van der Waals surface area contributed by atoms with E-state index < -0.39 is 9.84 Å². The first kappa shape index (κ1) is 14.5. The molecule has 0 aliphatic rings. The van der Waals surface area contributed by atoms with Crippen molar-refractivity contribution in [2.75, 3.05) is 18.6 Å². The Hall–Kier alpha value is -0.590. The smallest absolute Gasteiger partial charge is 0.180 e. The fourth-order valence-electron chi connectivity index (χ4n) is 1.22. The first-order valence-electron chi connectivity index (χ1n) is 5.07. The van der Waals surface area contributed by atoms with Crippen LogP contribution in [0.1, 0.15) is 5.56 Å². The maximum absolute atomic E-state index is 11.9. The van der Waals surface area contributed by atoms with Gasteiger partial charge in [-0.15, -0.1) is 11.8 Å². The van der Waals surface area contributed by atoms with E-state index in [1.54, 1.807) is 24.3 Å². The number of nitrogens with one attached hydrogen (secondary N) is 1. The molecule has 0 aliphatic carbocycles. The summed E-state index contributed by atoms with van der Waals surface area (Å²) in [5.74, 6) is 0.0523. The van der Waals surface area contributed by atoms with Gasteiger partial charge in [-0.25, -0.2) is 8.42 Å². The van der Waals surface area contributed by atoms with Crippen molar-refractivity contribution in [3.05, 3.63) is 29.8 Å². The van der Waals surface area contributed by atoms with E-state index in [9.17, 15) is 8.42 Å². The van der Waals surface area contributed by atoms with E-state index in [2.05, 4.69) is 5.32 Å². The zero-order valence-corrected chi connectivity index (χ0v) is 12.2. The average Bonchev–Trinajstić information content (AvgIpc) is 2.29. The minimum atomic E-state index is -3.21. The number of rotatable bonds is 4. The van der Waals surface area contributed by atoms with Crippen molar-refractivity contribution >= 4 is 38.1 Å². The van der Waals surface area contributed by atoms with Crippen molar-refractivity contribution in [2.24, 2.45) is 0 Å². The van der Waals surface area contributed by atoms with E-state index in [1.165, 1.54) is 11.8 Å². The Bertz CT molecular complexity index is 480. The molecule has 0 aliphatic heterocycles. The first-order valence-corrected chi connectivity index (χ1v) is 8.35. The molecular formula is C11H15NO2S3. The summed E-state index contributed by atoms with van der Waals surface area (Å²) >= 11 is 6.33. The predicted molar refractivity (Wildman–Crippen MR) is 77.3 cm³/mol. The Morgan fingerprint density at radius 3 is 2.47 bits per heavy atom. The normalized spacial score (nSPS) is 11.2. The summed E-state index contributed by atoms with van der Waals surface area (Å²) in [5, 5.41) is 2.88. The molecule has 1 aromatic carbocycles. The number of aryl methyl sites for hydroxylation is 1. The highest BCUT2D eigenvalue weighted by Crippen LogP contribution is 2.11. The summed E-state index contributed by atoms with van der Waals surface area (Å²) in [6.07, 6.45) is 1.85. The van der Waals surface area contributed by atoms with Gasteiger partial charge in [-0.1, -0.05) is 29.9 Å². The van der Waals surface area contributed by atoms with Gasteiger partial charge in [0.2, 0.25) is 0 Å². The molecule has 3 nitrogen and oxygen atoms in total. The Kier molecular flexibility index (Phi) is 5.42. The molecule has 0 heterocycles. The molecule has 17 heavy (non-hydrogen) atoms. The third-order valence-electron chi connectivity index (χ3n) is 2.21.